The van der Waals surface area contributed by atoms with Gasteiger partial charge in [0.1, 0.15) is 10.7 Å². The van der Waals surface area contributed by atoms with Crippen molar-refractivity contribution >= 4 is 39.8 Å². The number of hydrogen-bond donors (Lipinski definition) is 2. The molecule has 0 fully saturated rings. The van der Waals surface area contributed by atoms with Crippen molar-refractivity contribution in [2.75, 3.05) is 5.32 Å². The van der Waals surface area contributed by atoms with Crippen LogP contribution in [0.4, 0.5) is 10.9 Å². The molecule has 1 aromatic carbocycles. The Hall–Kier alpha value is -2.44. The van der Waals surface area contributed by atoms with Crippen molar-refractivity contribution in [1.29, 1.82) is 0 Å². The van der Waals surface area contributed by atoms with E-state index in [1.165, 1.54) is 11.3 Å². The maximum absolute atomic E-state index is 11.8. The average molecular weight is 359 g/mol. The van der Waals surface area contributed by atoms with Crippen molar-refractivity contribution in [1.82, 2.24) is 9.97 Å². The number of anilines is 2. The Labute approximate surface area is 148 Å². The minimum Gasteiger partial charge on any atom is -0.365 e. The highest BCUT2D eigenvalue weighted by molar-refractivity contribution is 7.18. The fourth-order valence-electron chi connectivity index (χ4n) is 2.36. The zero-order valence-corrected chi connectivity index (χ0v) is 14.7. The molecule has 122 valence electrons. The number of thiazole rings is 1. The second-order valence-corrected chi connectivity index (χ2v) is 6.74. The zero-order chi connectivity index (χ0) is 17.3. The third kappa shape index (κ3) is 3.25. The summed E-state index contributed by atoms with van der Waals surface area (Å²) in [5.74, 6) is 0.120. The lowest BCUT2D eigenvalue weighted by atomic mass is 10.0. The number of carbonyl (C=O) groups is 1. The number of rotatable bonds is 4. The number of amides is 1. The molecule has 0 unspecified atom stereocenters. The highest BCUT2D eigenvalue weighted by atomic mass is 35.5. The predicted octanol–water partition coefficient (Wildman–Crippen LogP) is 4.32. The van der Waals surface area contributed by atoms with Gasteiger partial charge in [0.15, 0.2) is 5.13 Å². The van der Waals surface area contributed by atoms with E-state index in [1.807, 2.05) is 38.1 Å². The van der Waals surface area contributed by atoms with Gasteiger partial charge in [0.25, 0.3) is 5.91 Å². The molecule has 7 heteroatoms. The first-order valence-corrected chi connectivity index (χ1v) is 8.41. The van der Waals surface area contributed by atoms with Gasteiger partial charge in [-0.2, -0.15) is 0 Å². The summed E-state index contributed by atoms with van der Waals surface area (Å²) in [6, 6.07) is 9.34. The molecule has 0 atom stereocenters. The Morgan fingerprint density at radius 2 is 2.08 bits per heavy atom. The van der Waals surface area contributed by atoms with Gasteiger partial charge in [-0.1, -0.05) is 35.1 Å². The van der Waals surface area contributed by atoms with Crippen LogP contribution >= 0.6 is 22.9 Å². The third-order valence-electron chi connectivity index (χ3n) is 3.46. The largest absolute Gasteiger partial charge is 0.365 e. The minimum absolute atomic E-state index is 0.362. The van der Waals surface area contributed by atoms with Crippen LogP contribution in [0.15, 0.2) is 36.5 Å². The van der Waals surface area contributed by atoms with E-state index in [0.717, 1.165) is 16.7 Å². The lowest BCUT2D eigenvalue weighted by Crippen LogP contribution is -2.10. The molecular formula is C17H15ClN4OS. The monoisotopic (exact) mass is 358 g/mol. The van der Waals surface area contributed by atoms with Crippen molar-refractivity contribution in [2.45, 2.75) is 13.8 Å². The number of benzene rings is 1. The highest BCUT2D eigenvalue weighted by Gasteiger charge is 2.21. The molecule has 0 radical (unpaired) electrons. The van der Waals surface area contributed by atoms with Crippen molar-refractivity contribution < 1.29 is 4.79 Å². The van der Waals surface area contributed by atoms with E-state index in [0.29, 0.717) is 26.5 Å². The van der Waals surface area contributed by atoms with Gasteiger partial charge >= 0.3 is 0 Å². The van der Waals surface area contributed by atoms with Gasteiger partial charge in [0, 0.05) is 11.8 Å². The molecule has 3 N–H and O–H groups in total. The lowest BCUT2D eigenvalue weighted by Gasteiger charge is -2.06. The standard InChI is InChI=1S/C17H15ClN4OS/c1-9-6-7-20-12(8-9)21-17-22-14(15(24-17)16(19)23)13-10(2)4-3-5-11(13)18/h3-8H,1-2H3,(H2,19,23)(H,20,21,22). The first-order valence-electron chi connectivity index (χ1n) is 7.21. The van der Waals surface area contributed by atoms with Gasteiger partial charge in [-0.3, -0.25) is 4.79 Å². The van der Waals surface area contributed by atoms with Crippen LogP contribution in [0.2, 0.25) is 5.02 Å². The molecule has 0 spiro atoms. The first-order chi connectivity index (χ1) is 11.5. The van der Waals surface area contributed by atoms with Gasteiger partial charge in [0.05, 0.1) is 10.7 Å². The van der Waals surface area contributed by atoms with Gasteiger partial charge in [0.2, 0.25) is 0 Å². The van der Waals surface area contributed by atoms with Crippen LogP contribution in [-0.4, -0.2) is 15.9 Å². The molecule has 0 saturated heterocycles. The Kier molecular flexibility index (Phi) is 4.51. The van der Waals surface area contributed by atoms with Crippen LogP contribution < -0.4 is 11.1 Å². The third-order valence-corrected chi connectivity index (χ3v) is 4.76. The van der Waals surface area contributed by atoms with E-state index in [2.05, 4.69) is 15.3 Å². The van der Waals surface area contributed by atoms with Gasteiger partial charge in [-0.25, -0.2) is 9.97 Å². The van der Waals surface area contributed by atoms with Crippen LogP contribution in [0.25, 0.3) is 11.3 Å². The van der Waals surface area contributed by atoms with Crippen molar-refractivity contribution in [3.8, 4) is 11.3 Å². The van der Waals surface area contributed by atoms with E-state index in [4.69, 9.17) is 17.3 Å². The molecule has 0 aliphatic rings. The number of halogens is 1. The Bertz CT molecular complexity index is 902. The average Bonchev–Trinajstić information content (AvgIpc) is 2.91. The normalized spacial score (nSPS) is 10.6. The molecule has 24 heavy (non-hydrogen) atoms. The molecule has 0 aliphatic heterocycles. The van der Waals surface area contributed by atoms with E-state index < -0.39 is 5.91 Å². The predicted molar refractivity (Wildman–Crippen MR) is 98.1 cm³/mol. The Balaban J connectivity index is 2.07. The summed E-state index contributed by atoms with van der Waals surface area (Å²) in [5, 5.41) is 4.18. The zero-order valence-electron chi connectivity index (χ0n) is 13.1. The van der Waals surface area contributed by atoms with E-state index in [9.17, 15) is 4.79 Å². The number of aromatic nitrogens is 2. The molecule has 0 bridgehead atoms. The summed E-state index contributed by atoms with van der Waals surface area (Å²) in [5.41, 5.74) is 8.73. The minimum atomic E-state index is -0.535. The molecule has 3 rings (SSSR count). The number of primary amides is 1. The Morgan fingerprint density at radius 3 is 2.75 bits per heavy atom. The molecule has 2 heterocycles. The molecule has 0 aliphatic carbocycles. The maximum Gasteiger partial charge on any atom is 0.261 e. The van der Waals surface area contributed by atoms with Crippen molar-refractivity contribution in [2.24, 2.45) is 5.73 Å². The quantitative estimate of drug-likeness (QED) is 0.727. The van der Waals surface area contributed by atoms with Crippen LogP contribution in [0, 0.1) is 13.8 Å². The summed E-state index contributed by atoms with van der Waals surface area (Å²) < 4.78 is 0. The van der Waals surface area contributed by atoms with E-state index in [1.54, 1.807) is 12.3 Å². The fourth-order valence-corrected chi connectivity index (χ4v) is 3.50. The number of carbonyl (C=O) groups excluding carboxylic acids is 1. The number of hydrogen-bond acceptors (Lipinski definition) is 5. The number of nitrogens with zero attached hydrogens (tertiary/aromatic N) is 2. The van der Waals surface area contributed by atoms with Crippen LogP contribution in [0.3, 0.4) is 0 Å². The molecule has 1 amide bonds. The smallest absolute Gasteiger partial charge is 0.261 e. The summed E-state index contributed by atoms with van der Waals surface area (Å²) >= 11 is 7.50. The topological polar surface area (TPSA) is 80.9 Å². The molecular weight excluding hydrogens is 344 g/mol. The van der Waals surface area contributed by atoms with E-state index >= 15 is 0 Å². The molecule has 2 aromatic heterocycles. The van der Waals surface area contributed by atoms with Crippen LogP contribution in [0.1, 0.15) is 20.8 Å². The number of pyridine rings is 1. The number of nitrogens with one attached hydrogen (secondary N) is 1. The van der Waals surface area contributed by atoms with Crippen LogP contribution in [0.5, 0.6) is 0 Å². The second kappa shape index (κ2) is 6.59. The van der Waals surface area contributed by atoms with E-state index in [-0.39, 0.29) is 0 Å². The molecule has 3 aromatic rings. The maximum atomic E-state index is 11.8. The van der Waals surface area contributed by atoms with Crippen molar-refractivity contribution in [3.63, 3.8) is 0 Å². The summed E-state index contributed by atoms with van der Waals surface area (Å²) in [7, 11) is 0. The molecule has 5 nitrogen and oxygen atoms in total. The Morgan fingerprint density at radius 1 is 1.29 bits per heavy atom. The lowest BCUT2D eigenvalue weighted by molar-refractivity contribution is 0.100. The van der Waals surface area contributed by atoms with Gasteiger partial charge < -0.3 is 11.1 Å². The summed E-state index contributed by atoms with van der Waals surface area (Å²) in [6.07, 6.45) is 1.71. The summed E-state index contributed by atoms with van der Waals surface area (Å²) in [6.45, 7) is 3.89. The van der Waals surface area contributed by atoms with Gasteiger partial charge in [-0.05, 0) is 43.2 Å². The highest BCUT2D eigenvalue weighted by Crippen LogP contribution is 2.37. The number of aryl methyl sites for hydroxylation is 2. The molecule has 0 saturated carbocycles. The van der Waals surface area contributed by atoms with Crippen molar-refractivity contribution in [3.05, 3.63) is 57.6 Å². The fraction of sp³-hybridized carbons (Fsp3) is 0.118. The van der Waals surface area contributed by atoms with Crippen LogP contribution in [-0.2, 0) is 0 Å². The number of nitrogens with two attached hydrogens (primary N) is 1. The van der Waals surface area contributed by atoms with Gasteiger partial charge in [-0.15, -0.1) is 0 Å². The first kappa shape index (κ1) is 16.4. The summed E-state index contributed by atoms with van der Waals surface area (Å²) in [4.78, 5) is 21.0. The second-order valence-electron chi connectivity index (χ2n) is 5.34. The SMILES string of the molecule is Cc1ccnc(Nc2nc(-c3c(C)cccc3Cl)c(C(N)=O)s2)c1.